The molecule has 2 aromatic rings. The van der Waals surface area contributed by atoms with E-state index in [9.17, 15) is 8.78 Å². The quantitative estimate of drug-likeness (QED) is 0.794. The zero-order chi connectivity index (χ0) is 14.4. The van der Waals surface area contributed by atoms with Gasteiger partial charge in [-0.25, -0.2) is 8.78 Å². The number of anilines is 1. The molecule has 0 fully saturated rings. The summed E-state index contributed by atoms with van der Waals surface area (Å²) in [6.07, 6.45) is 8.58. The number of fused-ring (bicyclic) bond motifs is 3. The van der Waals surface area contributed by atoms with Crippen molar-refractivity contribution in [3.05, 3.63) is 71.6 Å². The molecular weight excluding hydrogens is 270 g/mol. The Kier molecular flexibility index (Phi) is 2.77. The monoisotopic (exact) mass is 284 g/mol. The molecule has 3 atom stereocenters. The maximum atomic E-state index is 14.1. The third kappa shape index (κ3) is 1.94. The van der Waals surface area contributed by atoms with Gasteiger partial charge >= 0.3 is 0 Å². The Morgan fingerprint density at radius 2 is 2.14 bits per heavy atom. The van der Waals surface area contributed by atoms with Crippen molar-refractivity contribution in [1.29, 1.82) is 0 Å². The SMILES string of the molecule is Fc1cc(F)c2c(c1)C1C=CCC1[C@@H](c1cccnc1)N2. The van der Waals surface area contributed by atoms with E-state index >= 15 is 0 Å². The van der Waals surface area contributed by atoms with E-state index in [0.717, 1.165) is 18.1 Å². The summed E-state index contributed by atoms with van der Waals surface area (Å²) < 4.78 is 27.7. The van der Waals surface area contributed by atoms with Crippen LogP contribution >= 0.6 is 0 Å². The second kappa shape index (κ2) is 4.65. The van der Waals surface area contributed by atoms with E-state index in [1.54, 1.807) is 12.4 Å². The average molecular weight is 284 g/mol. The van der Waals surface area contributed by atoms with E-state index in [1.165, 1.54) is 6.07 Å². The van der Waals surface area contributed by atoms with Gasteiger partial charge in [0, 0.05) is 24.4 Å². The fraction of sp³-hybridized carbons (Fsp3) is 0.235. The van der Waals surface area contributed by atoms with Gasteiger partial charge < -0.3 is 5.32 Å². The molecule has 1 aliphatic carbocycles. The highest BCUT2D eigenvalue weighted by atomic mass is 19.1. The van der Waals surface area contributed by atoms with Crippen LogP contribution in [0.4, 0.5) is 14.5 Å². The minimum absolute atomic E-state index is 0.00818. The molecule has 1 aromatic carbocycles. The minimum atomic E-state index is -0.530. The van der Waals surface area contributed by atoms with Crippen molar-refractivity contribution in [1.82, 2.24) is 4.98 Å². The molecule has 4 heteroatoms. The Balaban J connectivity index is 1.84. The number of rotatable bonds is 1. The van der Waals surface area contributed by atoms with Gasteiger partial charge in [-0.1, -0.05) is 18.2 Å². The summed E-state index contributed by atoms with van der Waals surface area (Å²) in [5.74, 6) is -0.732. The van der Waals surface area contributed by atoms with Crippen LogP contribution in [0, 0.1) is 17.6 Å². The normalized spacial score (nSPS) is 26.1. The molecule has 2 nitrogen and oxygen atoms in total. The first kappa shape index (κ1) is 12.5. The van der Waals surface area contributed by atoms with Gasteiger partial charge in [0.1, 0.15) is 11.6 Å². The van der Waals surface area contributed by atoms with E-state index in [4.69, 9.17) is 0 Å². The molecule has 1 aliphatic heterocycles. The van der Waals surface area contributed by atoms with Crippen molar-refractivity contribution < 1.29 is 8.78 Å². The standard InChI is InChI=1S/C17H14F2N2/c18-11-7-14-12-4-1-5-13(12)16(10-3-2-6-20-9-10)21-17(14)15(19)8-11/h1-4,6-9,12-13,16,21H,5H2/t12?,13?,16-/m1/s1. The maximum absolute atomic E-state index is 14.1. The lowest BCUT2D eigenvalue weighted by Gasteiger charge is -2.37. The Bertz CT molecular complexity index is 712. The van der Waals surface area contributed by atoms with Crippen LogP contribution in [-0.4, -0.2) is 4.98 Å². The van der Waals surface area contributed by atoms with Gasteiger partial charge in [-0.3, -0.25) is 4.98 Å². The van der Waals surface area contributed by atoms with Gasteiger partial charge in [-0.2, -0.15) is 0 Å². The first-order chi connectivity index (χ1) is 10.2. The fourth-order valence-corrected chi connectivity index (χ4v) is 3.51. The van der Waals surface area contributed by atoms with Gasteiger partial charge in [0.2, 0.25) is 0 Å². The minimum Gasteiger partial charge on any atom is -0.375 e. The molecule has 4 rings (SSSR count). The summed E-state index contributed by atoms with van der Waals surface area (Å²) >= 11 is 0. The number of hydrogen-bond acceptors (Lipinski definition) is 2. The van der Waals surface area contributed by atoms with Crippen molar-refractivity contribution in [3.63, 3.8) is 0 Å². The van der Waals surface area contributed by atoms with Crippen LogP contribution in [0.5, 0.6) is 0 Å². The Hall–Kier alpha value is -2.23. The number of halogens is 2. The van der Waals surface area contributed by atoms with Gasteiger partial charge in [0.25, 0.3) is 0 Å². The van der Waals surface area contributed by atoms with E-state index in [1.807, 2.05) is 12.1 Å². The van der Waals surface area contributed by atoms with Crippen molar-refractivity contribution in [2.24, 2.45) is 5.92 Å². The molecule has 1 aromatic heterocycles. The number of nitrogens with zero attached hydrogens (tertiary/aromatic N) is 1. The Morgan fingerprint density at radius 1 is 1.24 bits per heavy atom. The summed E-state index contributed by atoms with van der Waals surface area (Å²) in [4.78, 5) is 4.15. The summed E-state index contributed by atoms with van der Waals surface area (Å²) in [5, 5.41) is 3.26. The largest absolute Gasteiger partial charge is 0.375 e. The maximum Gasteiger partial charge on any atom is 0.149 e. The summed E-state index contributed by atoms with van der Waals surface area (Å²) in [6.45, 7) is 0. The molecule has 0 saturated carbocycles. The average Bonchev–Trinajstić information content (AvgIpc) is 2.97. The Labute approximate surface area is 121 Å². The van der Waals surface area contributed by atoms with Gasteiger partial charge in [-0.15, -0.1) is 0 Å². The van der Waals surface area contributed by atoms with Gasteiger partial charge in [-0.05, 0) is 35.6 Å². The van der Waals surface area contributed by atoms with Gasteiger partial charge in [0.05, 0.1) is 11.7 Å². The smallest absolute Gasteiger partial charge is 0.149 e. The molecule has 0 bridgehead atoms. The number of benzene rings is 1. The third-order valence-corrected chi connectivity index (χ3v) is 4.43. The molecule has 2 unspecified atom stereocenters. The predicted molar refractivity (Wildman–Crippen MR) is 76.9 cm³/mol. The van der Waals surface area contributed by atoms with Crippen molar-refractivity contribution in [2.45, 2.75) is 18.4 Å². The van der Waals surface area contributed by atoms with Crippen LogP contribution in [0.3, 0.4) is 0 Å². The second-order valence-electron chi connectivity index (χ2n) is 5.61. The van der Waals surface area contributed by atoms with E-state index in [2.05, 4.69) is 22.5 Å². The van der Waals surface area contributed by atoms with Crippen LogP contribution in [-0.2, 0) is 0 Å². The second-order valence-corrected chi connectivity index (χ2v) is 5.61. The lowest BCUT2D eigenvalue weighted by molar-refractivity contribution is 0.417. The number of hydrogen-bond donors (Lipinski definition) is 1. The predicted octanol–water partition coefficient (Wildman–Crippen LogP) is 4.19. The number of nitrogens with one attached hydrogen (secondary N) is 1. The van der Waals surface area contributed by atoms with Crippen LogP contribution in [0.25, 0.3) is 0 Å². The lowest BCUT2D eigenvalue weighted by Crippen LogP contribution is -2.30. The number of aromatic nitrogens is 1. The zero-order valence-electron chi connectivity index (χ0n) is 11.3. The lowest BCUT2D eigenvalue weighted by atomic mass is 9.77. The Morgan fingerprint density at radius 3 is 2.95 bits per heavy atom. The molecule has 1 N–H and O–H groups in total. The molecule has 0 radical (unpaired) electrons. The molecule has 0 saturated heterocycles. The highest BCUT2D eigenvalue weighted by Gasteiger charge is 2.39. The first-order valence-electron chi connectivity index (χ1n) is 7.06. The van der Waals surface area contributed by atoms with Crippen molar-refractivity contribution in [3.8, 4) is 0 Å². The van der Waals surface area contributed by atoms with Crippen LogP contribution < -0.4 is 5.32 Å². The summed E-state index contributed by atoms with van der Waals surface area (Å²) in [7, 11) is 0. The summed E-state index contributed by atoms with van der Waals surface area (Å²) in [5.41, 5.74) is 2.16. The first-order valence-corrected chi connectivity index (χ1v) is 7.06. The van der Waals surface area contributed by atoms with Crippen LogP contribution in [0.1, 0.15) is 29.5 Å². The fourth-order valence-electron chi connectivity index (χ4n) is 3.51. The zero-order valence-corrected chi connectivity index (χ0v) is 11.3. The third-order valence-electron chi connectivity index (χ3n) is 4.43. The molecule has 2 aliphatic rings. The van der Waals surface area contributed by atoms with E-state index in [0.29, 0.717) is 11.3 Å². The summed E-state index contributed by atoms with van der Waals surface area (Å²) in [6, 6.07) is 6.24. The topological polar surface area (TPSA) is 24.9 Å². The molecule has 0 amide bonds. The molecule has 21 heavy (non-hydrogen) atoms. The highest BCUT2D eigenvalue weighted by molar-refractivity contribution is 5.60. The van der Waals surface area contributed by atoms with Crippen molar-refractivity contribution >= 4 is 5.69 Å². The highest BCUT2D eigenvalue weighted by Crippen LogP contribution is 2.50. The molecule has 0 spiro atoms. The van der Waals surface area contributed by atoms with E-state index in [-0.39, 0.29) is 17.9 Å². The van der Waals surface area contributed by atoms with Crippen molar-refractivity contribution in [2.75, 3.05) is 5.32 Å². The van der Waals surface area contributed by atoms with E-state index < -0.39 is 11.6 Å². The number of allylic oxidation sites excluding steroid dienone is 2. The van der Waals surface area contributed by atoms with Crippen LogP contribution in [0.2, 0.25) is 0 Å². The molecule has 106 valence electrons. The molecule has 2 heterocycles. The molecular formula is C17H14F2N2. The number of pyridine rings is 1. The van der Waals surface area contributed by atoms with Crippen LogP contribution in [0.15, 0.2) is 48.8 Å². The van der Waals surface area contributed by atoms with Gasteiger partial charge in [0.15, 0.2) is 0 Å².